The quantitative estimate of drug-likeness (QED) is 0.850. The summed E-state index contributed by atoms with van der Waals surface area (Å²) in [7, 11) is 0. The Labute approximate surface area is 88.6 Å². The minimum absolute atomic E-state index is 0.606. The van der Waals surface area contributed by atoms with E-state index in [1.807, 2.05) is 24.3 Å². The molecule has 0 radical (unpaired) electrons. The Kier molecular flexibility index (Phi) is 2.33. The van der Waals surface area contributed by atoms with Crippen LogP contribution in [0, 0.1) is 0 Å². The molecule has 2 aromatic rings. The highest BCUT2D eigenvalue weighted by Gasteiger charge is 2.01. The van der Waals surface area contributed by atoms with E-state index in [2.05, 4.69) is 20.9 Å². The molecule has 4 heteroatoms. The van der Waals surface area contributed by atoms with Crippen LogP contribution in [0.3, 0.4) is 0 Å². The molecule has 0 atom stereocenters. The van der Waals surface area contributed by atoms with E-state index in [0.717, 1.165) is 14.9 Å². The van der Waals surface area contributed by atoms with Crippen LogP contribution < -0.4 is 5.73 Å². The zero-order valence-electron chi connectivity index (χ0n) is 6.70. The van der Waals surface area contributed by atoms with Gasteiger partial charge in [-0.2, -0.15) is 0 Å². The zero-order valence-corrected chi connectivity index (χ0v) is 9.10. The van der Waals surface area contributed by atoms with Crippen molar-refractivity contribution in [3.63, 3.8) is 0 Å². The third-order valence-electron chi connectivity index (χ3n) is 1.63. The lowest BCUT2D eigenvalue weighted by Gasteiger charge is -1.95. The van der Waals surface area contributed by atoms with Crippen LogP contribution in [0.4, 0.5) is 5.13 Å². The van der Waals surface area contributed by atoms with Crippen molar-refractivity contribution in [3.8, 4) is 10.4 Å². The Morgan fingerprint density at radius 2 is 2.23 bits per heavy atom. The topological polar surface area (TPSA) is 38.9 Å². The fraction of sp³-hybridized carbons (Fsp3) is 0. The van der Waals surface area contributed by atoms with Gasteiger partial charge in [0.05, 0.1) is 4.88 Å². The van der Waals surface area contributed by atoms with E-state index in [4.69, 9.17) is 5.73 Å². The number of hydrogen-bond acceptors (Lipinski definition) is 3. The summed E-state index contributed by atoms with van der Waals surface area (Å²) in [4.78, 5) is 5.10. The summed E-state index contributed by atoms with van der Waals surface area (Å²) >= 11 is 4.91. The zero-order chi connectivity index (χ0) is 9.26. The molecule has 0 amide bonds. The third kappa shape index (κ3) is 1.89. The van der Waals surface area contributed by atoms with Gasteiger partial charge in [-0.05, 0) is 17.7 Å². The van der Waals surface area contributed by atoms with Crippen LogP contribution in [0.25, 0.3) is 10.4 Å². The third-order valence-corrected chi connectivity index (χ3v) is 3.00. The molecule has 1 aromatic heterocycles. The standard InChI is InChI=1S/C9H7BrN2S/c10-7-3-1-2-6(4-7)8-5-12-9(11)13-8/h1-5H,(H2,11,12). The van der Waals surface area contributed by atoms with Crippen LogP contribution in [-0.4, -0.2) is 4.98 Å². The van der Waals surface area contributed by atoms with E-state index in [-0.39, 0.29) is 0 Å². The first-order valence-corrected chi connectivity index (χ1v) is 5.34. The molecule has 0 bridgehead atoms. The normalized spacial score (nSPS) is 10.2. The van der Waals surface area contributed by atoms with Crippen LogP contribution in [0.2, 0.25) is 0 Å². The fourth-order valence-electron chi connectivity index (χ4n) is 1.06. The predicted molar refractivity (Wildman–Crippen MR) is 59.7 cm³/mol. The lowest BCUT2D eigenvalue weighted by molar-refractivity contribution is 1.42. The molecule has 0 spiro atoms. The van der Waals surface area contributed by atoms with Gasteiger partial charge in [0.15, 0.2) is 5.13 Å². The Morgan fingerprint density at radius 1 is 1.38 bits per heavy atom. The molecule has 0 saturated heterocycles. The largest absolute Gasteiger partial charge is 0.375 e. The van der Waals surface area contributed by atoms with Crippen LogP contribution >= 0.6 is 27.3 Å². The van der Waals surface area contributed by atoms with Crippen molar-refractivity contribution in [1.82, 2.24) is 4.98 Å². The van der Waals surface area contributed by atoms with Crippen molar-refractivity contribution in [2.45, 2.75) is 0 Å². The minimum atomic E-state index is 0.606. The van der Waals surface area contributed by atoms with Crippen molar-refractivity contribution >= 4 is 32.4 Å². The molecule has 66 valence electrons. The van der Waals surface area contributed by atoms with Gasteiger partial charge in [0.1, 0.15) is 0 Å². The van der Waals surface area contributed by atoms with Crippen molar-refractivity contribution < 1.29 is 0 Å². The molecule has 0 fully saturated rings. The summed E-state index contributed by atoms with van der Waals surface area (Å²) in [6, 6.07) is 8.08. The summed E-state index contributed by atoms with van der Waals surface area (Å²) in [5.41, 5.74) is 6.69. The maximum Gasteiger partial charge on any atom is 0.180 e. The monoisotopic (exact) mass is 254 g/mol. The maximum atomic E-state index is 5.55. The number of aromatic nitrogens is 1. The van der Waals surface area contributed by atoms with Gasteiger partial charge < -0.3 is 5.73 Å². The SMILES string of the molecule is Nc1ncc(-c2cccc(Br)c2)s1. The number of nitrogens with zero attached hydrogens (tertiary/aromatic N) is 1. The highest BCUT2D eigenvalue weighted by atomic mass is 79.9. The number of thiazole rings is 1. The van der Waals surface area contributed by atoms with E-state index in [9.17, 15) is 0 Å². The highest BCUT2D eigenvalue weighted by Crippen LogP contribution is 2.28. The van der Waals surface area contributed by atoms with E-state index < -0.39 is 0 Å². The molecule has 13 heavy (non-hydrogen) atoms. The molecule has 0 aliphatic rings. The van der Waals surface area contributed by atoms with Gasteiger partial charge in [-0.15, -0.1) is 0 Å². The lowest BCUT2D eigenvalue weighted by atomic mass is 10.2. The smallest absolute Gasteiger partial charge is 0.180 e. The molecular formula is C9H7BrN2S. The van der Waals surface area contributed by atoms with Crippen molar-refractivity contribution in [2.24, 2.45) is 0 Å². The van der Waals surface area contributed by atoms with Crippen LogP contribution in [0.15, 0.2) is 34.9 Å². The second kappa shape index (κ2) is 3.47. The number of benzene rings is 1. The van der Waals surface area contributed by atoms with Crippen molar-refractivity contribution in [3.05, 3.63) is 34.9 Å². The molecule has 2 rings (SSSR count). The second-order valence-electron chi connectivity index (χ2n) is 2.57. The maximum absolute atomic E-state index is 5.55. The van der Waals surface area contributed by atoms with E-state index in [1.54, 1.807) is 6.20 Å². The molecule has 0 saturated carbocycles. The fourth-order valence-corrected chi connectivity index (χ4v) is 2.14. The summed E-state index contributed by atoms with van der Waals surface area (Å²) in [6.45, 7) is 0. The Hall–Kier alpha value is -0.870. The lowest BCUT2D eigenvalue weighted by Crippen LogP contribution is -1.77. The minimum Gasteiger partial charge on any atom is -0.375 e. The average molecular weight is 255 g/mol. The number of nitrogens with two attached hydrogens (primary N) is 1. The molecule has 2 N–H and O–H groups in total. The second-order valence-corrected chi connectivity index (χ2v) is 4.55. The summed E-state index contributed by atoms with van der Waals surface area (Å²) < 4.78 is 1.07. The first-order valence-electron chi connectivity index (χ1n) is 3.73. The molecular weight excluding hydrogens is 248 g/mol. The van der Waals surface area contributed by atoms with Gasteiger partial charge >= 0.3 is 0 Å². The number of anilines is 1. The van der Waals surface area contributed by atoms with E-state index in [0.29, 0.717) is 5.13 Å². The first-order chi connectivity index (χ1) is 6.25. The summed E-state index contributed by atoms with van der Waals surface area (Å²) in [6.07, 6.45) is 1.79. The van der Waals surface area contributed by atoms with Gasteiger partial charge in [0.25, 0.3) is 0 Å². The molecule has 0 unspecified atom stereocenters. The average Bonchev–Trinajstić information content (AvgIpc) is 2.52. The molecule has 0 aliphatic carbocycles. The number of hydrogen-bond donors (Lipinski definition) is 1. The van der Waals surface area contributed by atoms with Gasteiger partial charge in [0.2, 0.25) is 0 Å². The molecule has 1 aromatic carbocycles. The highest BCUT2D eigenvalue weighted by molar-refractivity contribution is 9.10. The van der Waals surface area contributed by atoms with Crippen LogP contribution in [0.1, 0.15) is 0 Å². The van der Waals surface area contributed by atoms with Crippen molar-refractivity contribution in [2.75, 3.05) is 5.73 Å². The van der Waals surface area contributed by atoms with Crippen LogP contribution in [0.5, 0.6) is 0 Å². The first kappa shape index (κ1) is 8.72. The Bertz CT molecular complexity index is 425. The van der Waals surface area contributed by atoms with E-state index >= 15 is 0 Å². The van der Waals surface area contributed by atoms with Gasteiger partial charge in [0, 0.05) is 10.7 Å². The molecule has 2 nitrogen and oxygen atoms in total. The molecule has 0 aliphatic heterocycles. The van der Waals surface area contributed by atoms with Gasteiger partial charge in [-0.3, -0.25) is 0 Å². The van der Waals surface area contributed by atoms with Gasteiger partial charge in [-0.25, -0.2) is 4.98 Å². The van der Waals surface area contributed by atoms with E-state index in [1.165, 1.54) is 11.3 Å². The number of nitrogen functional groups attached to an aromatic ring is 1. The summed E-state index contributed by atoms with van der Waals surface area (Å²) in [5.74, 6) is 0. The Morgan fingerprint density at radius 3 is 2.85 bits per heavy atom. The number of rotatable bonds is 1. The predicted octanol–water partition coefficient (Wildman–Crippen LogP) is 3.15. The van der Waals surface area contributed by atoms with Crippen molar-refractivity contribution in [1.29, 1.82) is 0 Å². The summed E-state index contributed by atoms with van der Waals surface area (Å²) in [5, 5.41) is 0.606. The Balaban J connectivity index is 2.46. The van der Waals surface area contributed by atoms with Gasteiger partial charge in [-0.1, -0.05) is 39.4 Å². The number of halogens is 1. The van der Waals surface area contributed by atoms with Crippen LogP contribution in [-0.2, 0) is 0 Å². The molecule has 1 heterocycles.